The molecule has 0 bridgehead atoms. The molecular weight excluding hydrogens is 399 g/mol. The van der Waals surface area contributed by atoms with Gasteiger partial charge in [-0.05, 0) is 86.4 Å². The highest BCUT2D eigenvalue weighted by atomic mass is 19.1. The quantitative estimate of drug-likeness (QED) is 0.370. The maximum absolute atomic E-state index is 13.4. The Hall–Kier alpha value is -2.72. The molecule has 32 heavy (non-hydrogen) atoms. The van der Waals surface area contributed by atoms with Crippen molar-refractivity contribution in [1.29, 1.82) is 0 Å². The summed E-state index contributed by atoms with van der Waals surface area (Å²) in [7, 11) is 0. The monoisotopic (exact) mass is 434 g/mol. The van der Waals surface area contributed by atoms with Gasteiger partial charge in [-0.15, -0.1) is 0 Å². The highest BCUT2D eigenvalue weighted by Gasteiger charge is 2.29. The lowest BCUT2D eigenvalue weighted by Gasteiger charge is -2.31. The van der Waals surface area contributed by atoms with Gasteiger partial charge in [0.05, 0.1) is 23.2 Å². The Bertz CT molecular complexity index is 1020. The highest BCUT2D eigenvalue weighted by molar-refractivity contribution is 5.56. The number of aliphatic hydroxyl groups is 1. The van der Waals surface area contributed by atoms with Gasteiger partial charge in [0.25, 0.3) is 0 Å². The van der Waals surface area contributed by atoms with Gasteiger partial charge >= 0.3 is 0 Å². The highest BCUT2D eigenvalue weighted by Crippen LogP contribution is 2.33. The second kappa shape index (κ2) is 10.7. The zero-order chi connectivity index (χ0) is 23.1. The van der Waals surface area contributed by atoms with Crippen molar-refractivity contribution in [2.45, 2.75) is 65.4 Å². The first-order chi connectivity index (χ1) is 15.4. The number of aromatic nitrogens is 2. The molecule has 3 aromatic rings. The van der Waals surface area contributed by atoms with Crippen LogP contribution in [0.1, 0.15) is 70.2 Å². The average molecular weight is 435 g/mol. The summed E-state index contributed by atoms with van der Waals surface area (Å²) < 4.78 is 15.3. The molecule has 0 aliphatic rings. The summed E-state index contributed by atoms with van der Waals surface area (Å²) >= 11 is 0. The summed E-state index contributed by atoms with van der Waals surface area (Å²) in [6.45, 7) is 8.35. The lowest BCUT2D eigenvalue weighted by molar-refractivity contribution is -0.00263. The Morgan fingerprint density at radius 1 is 1.12 bits per heavy atom. The molecule has 1 heterocycles. The van der Waals surface area contributed by atoms with Gasteiger partial charge in [0.1, 0.15) is 5.82 Å². The van der Waals surface area contributed by atoms with Crippen LogP contribution in [0.5, 0.6) is 0 Å². The van der Waals surface area contributed by atoms with Crippen molar-refractivity contribution >= 4 is 6.08 Å². The van der Waals surface area contributed by atoms with Crippen molar-refractivity contribution in [3.05, 3.63) is 89.0 Å². The van der Waals surface area contributed by atoms with Crippen LogP contribution in [0.15, 0.2) is 66.4 Å². The second-order valence-corrected chi connectivity index (χ2v) is 8.76. The van der Waals surface area contributed by atoms with E-state index in [0.717, 1.165) is 49.0 Å². The van der Waals surface area contributed by atoms with Gasteiger partial charge in [0.2, 0.25) is 0 Å². The van der Waals surface area contributed by atoms with Crippen molar-refractivity contribution in [3.8, 4) is 5.69 Å². The standard InChI is InChI=1S/C28H35FN2O/c1-5-22(12-10-11-21(3)28(4,32)24-13-8-7-9-14-24)19-27-23(6-2)20-30-31(27)26-17-15-25(29)16-18-26/h7-9,13-21,32H,5-6,10-12H2,1-4H3/b22-19+/t21-,28?/m1/s1. The molecule has 0 fully saturated rings. The maximum Gasteiger partial charge on any atom is 0.123 e. The van der Waals surface area contributed by atoms with E-state index >= 15 is 0 Å². The first-order valence-electron chi connectivity index (χ1n) is 11.7. The fourth-order valence-corrected chi connectivity index (χ4v) is 4.13. The van der Waals surface area contributed by atoms with Crippen LogP contribution in [0.2, 0.25) is 0 Å². The minimum atomic E-state index is -0.839. The number of halogens is 1. The normalized spacial score (nSPS) is 14.9. The average Bonchev–Trinajstić information content (AvgIpc) is 3.21. The smallest absolute Gasteiger partial charge is 0.123 e. The second-order valence-electron chi connectivity index (χ2n) is 8.76. The van der Waals surface area contributed by atoms with E-state index in [1.165, 1.54) is 23.3 Å². The SMILES string of the molecule is CC/C(=C\c1c(CC)cnn1-c1ccc(F)cc1)CCC[C@@H](C)C(C)(O)c1ccccc1. The molecule has 1 aromatic heterocycles. The fraction of sp³-hybridized carbons (Fsp3) is 0.393. The van der Waals surface area contributed by atoms with E-state index in [0.29, 0.717) is 0 Å². The number of rotatable bonds is 10. The summed E-state index contributed by atoms with van der Waals surface area (Å²) in [6, 6.07) is 16.4. The first kappa shape index (κ1) is 23.9. The van der Waals surface area contributed by atoms with Crippen LogP contribution in [-0.2, 0) is 12.0 Å². The Kier molecular flexibility index (Phi) is 8.03. The largest absolute Gasteiger partial charge is 0.385 e. The predicted molar refractivity (Wildman–Crippen MR) is 130 cm³/mol. The summed E-state index contributed by atoms with van der Waals surface area (Å²) in [5.74, 6) is -0.0950. The number of nitrogens with zero attached hydrogens (tertiary/aromatic N) is 2. The third kappa shape index (κ3) is 5.55. The van der Waals surface area contributed by atoms with E-state index in [1.807, 2.05) is 48.1 Å². The first-order valence-corrected chi connectivity index (χ1v) is 11.7. The molecule has 3 nitrogen and oxygen atoms in total. The summed E-state index contributed by atoms with van der Waals surface area (Å²) in [5.41, 5.74) is 4.60. The van der Waals surface area contributed by atoms with Gasteiger partial charge in [0, 0.05) is 0 Å². The van der Waals surface area contributed by atoms with Crippen LogP contribution in [0, 0.1) is 11.7 Å². The minimum absolute atomic E-state index is 0.152. The molecule has 2 aromatic carbocycles. The van der Waals surface area contributed by atoms with Gasteiger partial charge in [-0.1, -0.05) is 56.7 Å². The van der Waals surface area contributed by atoms with Crippen molar-refractivity contribution in [1.82, 2.24) is 9.78 Å². The number of hydrogen-bond acceptors (Lipinski definition) is 2. The predicted octanol–water partition coefficient (Wildman–Crippen LogP) is 7.08. The molecule has 1 unspecified atom stereocenters. The molecule has 0 saturated heterocycles. The zero-order valence-electron chi connectivity index (χ0n) is 19.7. The third-order valence-electron chi connectivity index (χ3n) is 6.59. The summed E-state index contributed by atoms with van der Waals surface area (Å²) in [4.78, 5) is 0. The lowest BCUT2D eigenvalue weighted by atomic mass is 9.81. The van der Waals surface area contributed by atoms with Crippen LogP contribution < -0.4 is 0 Å². The molecule has 3 rings (SSSR count). The van der Waals surface area contributed by atoms with Crippen molar-refractivity contribution in [2.75, 3.05) is 0 Å². The molecule has 1 N–H and O–H groups in total. The van der Waals surface area contributed by atoms with E-state index in [4.69, 9.17) is 0 Å². The van der Waals surface area contributed by atoms with Crippen molar-refractivity contribution in [2.24, 2.45) is 5.92 Å². The van der Waals surface area contributed by atoms with Crippen LogP contribution in [0.4, 0.5) is 4.39 Å². The van der Waals surface area contributed by atoms with Crippen LogP contribution in [0.3, 0.4) is 0 Å². The number of allylic oxidation sites excluding steroid dienone is 1. The van der Waals surface area contributed by atoms with Crippen molar-refractivity contribution < 1.29 is 9.50 Å². The molecule has 0 radical (unpaired) electrons. The van der Waals surface area contributed by atoms with E-state index < -0.39 is 5.60 Å². The van der Waals surface area contributed by atoms with E-state index in [9.17, 15) is 9.50 Å². The molecule has 2 atom stereocenters. The van der Waals surface area contributed by atoms with Gasteiger partial charge in [0.15, 0.2) is 0 Å². The third-order valence-corrected chi connectivity index (χ3v) is 6.59. The molecule has 170 valence electrons. The van der Waals surface area contributed by atoms with Gasteiger partial charge in [-0.25, -0.2) is 9.07 Å². The number of aryl methyl sites for hydroxylation is 1. The maximum atomic E-state index is 13.4. The number of benzene rings is 2. The molecule has 0 aliphatic heterocycles. The van der Waals surface area contributed by atoms with Gasteiger partial charge in [-0.3, -0.25) is 0 Å². The Balaban J connectivity index is 1.73. The molecule has 0 amide bonds. The molecular formula is C28H35FN2O. The van der Waals surface area contributed by atoms with Crippen LogP contribution in [-0.4, -0.2) is 14.9 Å². The van der Waals surface area contributed by atoms with Crippen LogP contribution >= 0.6 is 0 Å². The molecule has 0 saturated carbocycles. The van der Waals surface area contributed by atoms with Crippen molar-refractivity contribution in [3.63, 3.8) is 0 Å². The van der Waals surface area contributed by atoms with E-state index in [1.54, 1.807) is 12.1 Å². The van der Waals surface area contributed by atoms with Gasteiger partial charge in [-0.2, -0.15) is 5.10 Å². The van der Waals surface area contributed by atoms with Gasteiger partial charge < -0.3 is 5.11 Å². The molecule has 0 aliphatic carbocycles. The minimum Gasteiger partial charge on any atom is -0.385 e. The Morgan fingerprint density at radius 2 is 1.81 bits per heavy atom. The topological polar surface area (TPSA) is 38.0 Å². The summed E-state index contributed by atoms with van der Waals surface area (Å²) in [6.07, 6.45) is 8.93. The van der Waals surface area contributed by atoms with E-state index in [-0.39, 0.29) is 11.7 Å². The zero-order valence-corrected chi connectivity index (χ0v) is 19.7. The molecule has 0 spiro atoms. The Morgan fingerprint density at radius 3 is 2.44 bits per heavy atom. The van der Waals surface area contributed by atoms with Crippen LogP contribution in [0.25, 0.3) is 11.8 Å². The number of hydrogen-bond donors (Lipinski definition) is 1. The summed E-state index contributed by atoms with van der Waals surface area (Å²) in [5, 5.41) is 15.6. The van der Waals surface area contributed by atoms with E-state index in [2.05, 4.69) is 31.9 Å². The lowest BCUT2D eigenvalue weighted by Crippen LogP contribution is -2.29. The fourth-order valence-electron chi connectivity index (χ4n) is 4.13. The Labute approximate surface area is 191 Å². The molecule has 4 heteroatoms.